The highest BCUT2D eigenvalue weighted by Gasteiger charge is 2.27. The number of nitrogens with one attached hydrogen (secondary N) is 1. The van der Waals surface area contributed by atoms with Crippen LogP contribution in [-0.2, 0) is 9.53 Å². The molecule has 2 aromatic carbocycles. The van der Waals surface area contributed by atoms with Gasteiger partial charge in [-0.15, -0.1) is 0 Å². The standard InChI is InChI=1S/C34H31F2N7O6/c1-34(2,3)49-33(47)42-18-16-41(17-19-42)29(44)11-9-24-27(13-14-38-30(24)37)48-28-10-6-22(20-26(28)36)40-31(45)25-12-15-39-43(32(25)46)23-7-4-21(35)5-8-23/h4-8,10,12-15,20H,16-19H2,1-3H3,(H2,37,38)(H,40,45). The molecule has 0 radical (unpaired) electrons. The minimum Gasteiger partial charge on any atom is -0.453 e. The van der Waals surface area contributed by atoms with Gasteiger partial charge < -0.3 is 30.3 Å². The molecule has 15 heteroatoms. The minimum atomic E-state index is -0.871. The number of hydrogen-bond donors (Lipinski definition) is 2. The van der Waals surface area contributed by atoms with Gasteiger partial charge in [0.05, 0.1) is 5.69 Å². The first kappa shape index (κ1) is 34.0. The van der Waals surface area contributed by atoms with Gasteiger partial charge in [-0.1, -0.05) is 0 Å². The summed E-state index contributed by atoms with van der Waals surface area (Å²) in [6, 6.07) is 11.2. The van der Waals surface area contributed by atoms with E-state index in [2.05, 4.69) is 27.2 Å². The number of piperazine rings is 1. The Bertz CT molecular complexity index is 2030. The van der Waals surface area contributed by atoms with E-state index in [9.17, 15) is 23.6 Å². The van der Waals surface area contributed by atoms with Gasteiger partial charge in [0.2, 0.25) is 0 Å². The Morgan fingerprint density at radius 2 is 1.61 bits per heavy atom. The average molecular weight is 672 g/mol. The van der Waals surface area contributed by atoms with E-state index in [1.807, 2.05) is 0 Å². The van der Waals surface area contributed by atoms with Crippen molar-refractivity contribution in [1.82, 2.24) is 24.6 Å². The van der Waals surface area contributed by atoms with Crippen LogP contribution in [0.1, 0.15) is 36.7 Å². The highest BCUT2D eigenvalue weighted by atomic mass is 19.1. The molecule has 0 aliphatic carbocycles. The van der Waals surface area contributed by atoms with E-state index in [-0.39, 0.29) is 66.0 Å². The molecule has 5 rings (SSSR count). The van der Waals surface area contributed by atoms with E-state index in [0.29, 0.717) is 0 Å². The molecule has 0 unspecified atom stereocenters. The van der Waals surface area contributed by atoms with Crippen molar-refractivity contribution in [1.29, 1.82) is 0 Å². The fourth-order valence-electron chi connectivity index (χ4n) is 4.61. The zero-order valence-electron chi connectivity index (χ0n) is 26.7. The summed E-state index contributed by atoms with van der Waals surface area (Å²) in [5.74, 6) is 2.19. The summed E-state index contributed by atoms with van der Waals surface area (Å²) in [6.45, 7) is 6.37. The summed E-state index contributed by atoms with van der Waals surface area (Å²) in [5, 5.41) is 6.40. The molecule has 3 N–H and O–H groups in total. The van der Waals surface area contributed by atoms with Gasteiger partial charge in [0, 0.05) is 62.3 Å². The molecule has 3 amide bonds. The van der Waals surface area contributed by atoms with Crippen LogP contribution < -0.4 is 21.3 Å². The highest BCUT2D eigenvalue weighted by Crippen LogP contribution is 2.30. The number of nitrogens with two attached hydrogens (primary N) is 1. The predicted octanol–water partition coefficient (Wildman–Crippen LogP) is 3.96. The molecule has 0 bridgehead atoms. The maximum Gasteiger partial charge on any atom is 0.410 e. The van der Waals surface area contributed by atoms with E-state index >= 15 is 4.39 Å². The van der Waals surface area contributed by atoms with Gasteiger partial charge in [0.15, 0.2) is 11.6 Å². The first-order valence-corrected chi connectivity index (χ1v) is 15.0. The molecule has 13 nitrogen and oxygen atoms in total. The molecule has 0 spiro atoms. The van der Waals surface area contributed by atoms with Gasteiger partial charge in [-0.05, 0) is 69.2 Å². The average Bonchev–Trinajstić information content (AvgIpc) is 3.05. The van der Waals surface area contributed by atoms with Crippen molar-refractivity contribution in [2.45, 2.75) is 26.4 Å². The SMILES string of the molecule is CC(C)(C)OC(=O)N1CCN(C(=O)C#Cc2c(Oc3ccc(NC(=O)c4ccnn(-c5ccc(F)cc5)c4=O)cc3F)ccnc2N)CC1. The van der Waals surface area contributed by atoms with Crippen molar-refractivity contribution in [2.24, 2.45) is 0 Å². The van der Waals surface area contributed by atoms with Crippen LogP contribution in [0.4, 0.5) is 25.1 Å². The van der Waals surface area contributed by atoms with Gasteiger partial charge in [-0.2, -0.15) is 9.78 Å². The van der Waals surface area contributed by atoms with Crippen molar-refractivity contribution in [3.05, 3.63) is 100 Å². The largest absolute Gasteiger partial charge is 0.453 e. The number of ether oxygens (including phenoxy) is 2. The number of carbonyl (C=O) groups is 3. The smallest absolute Gasteiger partial charge is 0.410 e. The summed E-state index contributed by atoms with van der Waals surface area (Å²) < 4.78 is 40.6. The van der Waals surface area contributed by atoms with Crippen LogP contribution in [-0.4, -0.2) is 74.3 Å². The summed E-state index contributed by atoms with van der Waals surface area (Å²) in [6.07, 6.45) is 2.10. The molecule has 0 atom stereocenters. The lowest BCUT2D eigenvalue weighted by molar-refractivity contribution is -0.126. The zero-order chi connectivity index (χ0) is 35.3. The molecule has 4 aromatic rings. The summed E-state index contributed by atoms with van der Waals surface area (Å²) >= 11 is 0. The number of nitrogens with zero attached hydrogens (tertiary/aromatic N) is 5. The maximum absolute atomic E-state index is 15.2. The summed E-state index contributed by atoms with van der Waals surface area (Å²) in [7, 11) is 0. The molecule has 1 aliphatic heterocycles. The van der Waals surface area contributed by atoms with Crippen LogP contribution in [0.5, 0.6) is 11.5 Å². The Balaban J connectivity index is 1.25. The fourth-order valence-corrected chi connectivity index (χ4v) is 4.61. The number of benzene rings is 2. The second-order valence-corrected chi connectivity index (χ2v) is 11.7. The first-order valence-electron chi connectivity index (χ1n) is 15.0. The lowest BCUT2D eigenvalue weighted by Crippen LogP contribution is -2.51. The number of carbonyl (C=O) groups excluding carboxylic acids is 3. The summed E-state index contributed by atoms with van der Waals surface area (Å²) in [4.78, 5) is 58.0. The second kappa shape index (κ2) is 14.2. The topological polar surface area (TPSA) is 162 Å². The number of pyridine rings is 1. The Kier molecular flexibility index (Phi) is 9.88. The van der Waals surface area contributed by atoms with Gasteiger partial charge in [0.25, 0.3) is 17.4 Å². The molecule has 1 aliphatic rings. The molecule has 1 fully saturated rings. The number of hydrogen-bond acceptors (Lipinski definition) is 9. The van der Waals surface area contributed by atoms with Gasteiger partial charge >= 0.3 is 6.09 Å². The van der Waals surface area contributed by atoms with E-state index in [1.54, 1.807) is 20.8 Å². The number of nitrogen functional groups attached to an aromatic ring is 1. The third kappa shape index (κ3) is 8.35. The number of amides is 3. The third-order valence-corrected chi connectivity index (χ3v) is 7.03. The molecule has 3 heterocycles. The van der Waals surface area contributed by atoms with E-state index in [1.165, 1.54) is 58.6 Å². The van der Waals surface area contributed by atoms with Gasteiger partial charge in [0.1, 0.15) is 34.1 Å². The van der Waals surface area contributed by atoms with E-state index < -0.39 is 40.7 Å². The molecule has 1 saturated heterocycles. The monoisotopic (exact) mass is 671 g/mol. The number of halogens is 2. The van der Waals surface area contributed by atoms with Crippen LogP contribution >= 0.6 is 0 Å². The third-order valence-electron chi connectivity index (χ3n) is 7.03. The lowest BCUT2D eigenvalue weighted by atomic mass is 10.2. The predicted molar refractivity (Wildman–Crippen MR) is 174 cm³/mol. The van der Waals surface area contributed by atoms with Crippen LogP contribution in [0.3, 0.4) is 0 Å². The lowest BCUT2D eigenvalue weighted by Gasteiger charge is -2.34. The molecule has 252 valence electrons. The van der Waals surface area contributed by atoms with Gasteiger partial charge in [-0.3, -0.25) is 14.4 Å². The van der Waals surface area contributed by atoms with Crippen LogP contribution in [0, 0.1) is 23.5 Å². The van der Waals surface area contributed by atoms with Crippen LogP contribution in [0.15, 0.2) is 71.8 Å². The quantitative estimate of drug-likeness (QED) is 0.299. The number of anilines is 2. The molecule has 0 saturated carbocycles. The maximum atomic E-state index is 15.2. The Morgan fingerprint density at radius 3 is 2.29 bits per heavy atom. The number of rotatable bonds is 5. The second-order valence-electron chi connectivity index (χ2n) is 11.7. The molecule has 2 aromatic heterocycles. The normalized spacial score (nSPS) is 12.8. The molecular formula is C34H31F2N7O6. The van der Waals surface area contributed by atoms with Crippen LogP contribution in [0.2, 0.25) is 0 Å². The Hall–Kier alpha value is -6.30. The van der Waals surface area contributed by atoms with E-state index in [0.717, 1.165) is 22.9 Å². The first-order chi connectivity index (χ1) is 23.3. The van der Waals surface area contributed by atoms with Crippen LogP contribution in [0.25, 0.3) is 5.69 Å². The van der Waals surface area contributed by atoms with Crippen molar-refractivity contribution in [2.75, 3.05) is 37.2 Å². The highest BCUT2D eigenvalue weighted by molar-refractivity contribution is 6.04. The van der Waals surface area contributed by atoms with E-state index in [4.69, 9.17) is 15.2 Å². The minimum absolute atomic E-state index is 0.0195. The van der Waals surface area contributed by atoms with Gasteiger partial charge in [-0.25, -0.2) is 18.6 Å². The van der Waals surface area contributed by atoms with Crippen molar-refractivity contribution in [3.8, 4) is 29.0 Å². The van der Waals surface area contributed by atoms with Crippen molar-refractivity contribution >= 4 is 29.4 Å². The van der Waals surface area contributed by atoms with Crippen molar-refractivity contribution in [3.63, 3.8) is 0 Å². The summed E-state index contributed by atoms with van der Waals surface area (Å²) in [5.41, 5.74) is 4.65. The molecule has 49 heavy (non-hydrogen) atoms. The fraction of sp³-hybridized carbons (Fsp3) is 0.235. The molecular weight excluding hydrogens is 640 g/mol. The Labute approximate surface area is 279 Å². The Morgan fingerprint density at radius 1 is 0.918 bits per heavy atom. The van der Waals surface area contributed by atoms with Crippen molar-refractivity contribution < 1.29 is 32.6 Å². The number of aromatic nitrogens is 3. The zero-order valence-corrected chi connectivity index (χ0v) is 26.7.